The standard InChI is InChI=1S/C7H16N2S/c1-4-7(9-8)6(2)5-10-3/h4,6-7,9H,1,5,8H2,2-3H3. The van der Waals surface area contributed by atoms with Crippen molar-refractivity contribution in [2.75, 3.05) is 12.0 Å². The largest absolute Gasteiger partial charge is 0.271 e. The second kappa shape index (κ2) is 5.77. The van der Waals surface area contributed by atoms with E-state index in [4.69, 9.17) is 5.84 Å². The van der Waals surface area contributed by atoms with E-state index in [1.165, 1.54) is 0 Å². The Bertz CT molecular complexity index is 95.6. The van der Waals surface area contributed by atoms with Gasteiger partial charge in [-0.1, -0.05) is 13.0 Å². The number of thioether (sulfide) groups is 1. The highest BCUT2D eigenvalue weighted by molar-refractivity contribution is 7.98. The van der Waals surface area contributed by atoms with Gasteiger partial charge in [0.1, 0.15) is 0 Å². The van der Waals surface area contributed by atoms with Crippen molar-refractivity contribution in [3.05, 3.63) is 12.7 Å². The van der Waals surface area contributed by atoms with Gasteiger partial charge in [0.05, 0.1) is 0 Å². The van der Waals surface area contributed by atoms with Gasteiger partial charge in [-0.05, 0) is 17.9 Å². The van der Waals surface area contributed by atoms with Gasteiger partial charge in [-0.25, -0.2) is 0 Å². The Morgan fingerprint density at radius 3 is 2.70 bits per heavy atom. The molecule has 0 amide bonds. The molecule has 3 heteroatoms. The van der Waals surface area contributed by atoms with Crippen LogP contribution in [0.1, 0.15) is 6.92 Å². The second-order valence-electron chi connectivity index (χ2n) is 2.36. The molecule has 0 aliphatic heterocycles. The summed E-state index contributed by atoms with van der Waals surface area (Å²) < 4.78 is 0. The van der Waals surface area contributed by atoms with E-state index in [0.29, 0.717) is 5.92 Å². The van der Waals surface area contributed by atoms with E-state index in [1.807, 2.05) is 17.8 Å². The fraction of sp³-hybridized carbons (Fsp3) is 0.714. The lowest BCUT2D eigenvalue weighted by molar-refractivity contribution is 0.483. The van der Waals surface area contributed by atoms with Gasteiger partial charge >= 0.3 is 0 Å². The monoisotopic (exact) mass is 160 g/mol. The Kier molecular flexibility index (Phi) is 5.78. The van der Waals surface area contributed by atoms with Crippen LogP contribution in [0.4, 0.5) is 0 Å². The van der Waals surface area contributed by atoms with Crippen molar-refractivity contribution in [3.8, 4) is 0 Å². The molecule has 0 aliphatic carbocycles. The van der Waals surface area contributed by atoms with Crippen molar-refractivity contribution in [3.63, 3.8) is 0 Å². The van der Waals surface area contributed by atoms with Gasteiger partial charge in [0.2, 0.25) is 0 Å². The van der Waals surface area contributed by atoms with E-state index < -0.39 is 0 Å². The SMILES string of the molecule is C=CC(NN)C(C)CSC. The van der Waals surface area contributed by atoms with Gasteiger partial charge in [0.25, 0.3) is 0 Å². The fourth-order valence-electron chi connectivity index (χ4n) is 0.831. The average Bonchev–Trinajstić information content (AvgIpc) is 1.91. The number of rotatable bonds is 5. The lowest BCUT2D eigenvalue weighted by Crippen LogP contribution is -2.39. The van der Waals surface area contributed by atoms with E-state index in [-0.39, 0.29) is 6.04 Å². The maximum atomic E-state index is 5.28. The van der Waals surface area contributed by atoms with Crippen molar-refractivity contribution >= 4 is 11.8 Å². The maximum Gasteiger partial charge on any atom is 0.0421 e. The van der Waals surface area contributed by atoms with Crippen LogP contribution in [0.2, 0.25) is 0 Å². The molecule has 0 bridgehead atoms. The van der Waals surface area contributed by atoms with E-state index in [9.17, 15) is 0 Å². The zero-order valence-corrected chi connectivity index (χ0v) is 7.45. The Labute approximate surface area is 67.2 Å². The number of nitrogens with one attached hydrogen (secondary N) is 1. The highest BCUT2D eigenvalue weighted by Crippen LogP contribution is 2.09. The van der Waals surface area contributed by atoms with E-state index in [0.717, 1.165) is 5.75 Å². The third-order valence-electron chi connectivity index (χ3n) is 1.49. The summed E-state index contributed by atoms with van der Waals surface area (Å²) in [6.07, 6.45) is 3.94. The minimum atomic E-state index is 0.243. The third kappa shape index (κ3) is 3.25. The predicted octanol–water partition coefficient (Wildman–Crippen LogP) is 1.00. The molecule has 0 spiro atoms. The van der Waals surface area contributed by atoms with Crippen LogP contribution < -0.4 is 11.3 Å². The van der Waals surface area contributed by atoms with E-state index in [1.54, 1.807) is 0 Å². The molecule has 0 aromatic rings. The minimum absolute atomic E-state index is 0.243. The zero-order chi connectivity index (χ0) is 7.98. The van der Waals surface area contributed by atoms with Crippen LogP contribution in [0, 0.1) is 5.92 Å². The summed E-state index contributed by atoms with van der Waals surface area (Å²) in [5.41, 5.74) is 2.70. The zero-order valence-electron chi connectivity index (χ0n) is 6.63. The number of hydrazine groups is 1. The summed E-state index contributed by atoms with van der Waals surface area (Å²) in [7, 11) is 0. The Morgan fingerprint density at radius 1 is 1.80 bits per heavy atom. The Morgan fingerprint density at radius 2 is 2.40 bits per heavy atom. The first kappa shape index (κ1) is 10.0. The van der Waals surface area contributed by atoms with E-state index in [2.05, 4.69) is 25.2 Å². The van der Waals surface area contributed by atoms with Crippen LogP contribution in [0.3, 0.4) is 0 Å². The van der Waals surface area contributed by atoms with Crippen LogP contribution in [0.5, 0.6) is 0 Å². The summed E-state index contributed by atoms with van der Waals surface area (Å²) in [5.74, 6) is 6.95. The van der Waals surface area contributed by atoms with Crippen molar-refractivity contribution in [1.29, 1.82) is 0 Å². The van der Waals surface area contributed by atoms with Crippen molar-refractivity contribution in [1.82, 2.24) is 5.43 Å². The van der Waals surface area contributed by atoms with Gasteiger partial charge < -0.3 is 0 Å². The Balaban J connectivity index is 3.63. The molecule has 2 unspecified atom stereocenters. The summed E-state index contributed by atoms with van der Waals surface area (Å²) in [5, 5.41) is 0. The third-order valence-corrected chi connectivity index (χ3v) is 2.35. The number of hydrogen-bond acceptors (Lipinski definition) is 3. The quantitative estimate of drug-likeness (QED) is 0.358. The smallest absolute Gasteiger partial charge is 0.0421 e. The second-order valence-corrected chi connectivity index (χ2v) is 3.27. The Hall–Kier alpha value is 0.0100. The number of nitrogens with two attached hydrogens (primary N) is 1. The lowest BCUT2D eigenvalue weighted by atomic mass is 10.1. The van der Waals surface area contributed by atoms with Crippen molar-refractivity contribution in [2.24, 2.45) is 11.8 Å². The molecule has 0 radical (unpaired) electrons. The summed E-state index contributed by atoms with van der Waals surface area (Å²) in [4.78, 5) is 0. The molecule has 2 atom stereocenters. The van der Waals surface area contributed by atoms with Gasteiger partial charge in [0, 0.05) is 6.04 Å². The van der Waals surface area contributed by atoms with Crippen LogP contribution in [-0.4, -0.2) is 18.1 Å². The summed E-state index contributed by atoms with van der Waals surface area (Å²) in [6.45, 7) is 5.84. The first-order valence-corrected chi connectivity index (χ1v) is 4.73. The molecular weight excluding hydrogens is 144 g/mol. The molecule has 0 fully saturated rings. The molecule has 0 aliphatic rings. The molecule has 2 nitrogen and oxygen atoms in total. The average molecular weight is 160 g/mol. The summed E-state index contributed by atoms with van der Waals surface area (Å²) in [6, 6.07) is 0.243. The van der Waals surface area contributed by atoms with Crippen LogP contribution in [-0.2, 0) is 0 Å². The van der Waals surface area contributed by atoms with Gasteiger partial charge in [-0.15, -0.1) is 6.58 Å². The van der Waals surface area contributed by atoms with Gasteiger partial charge in [-0.2, -0.15) is 11.8 Å². The van der Waals surface area contributed by atoms with Crippen molar-refractivity contribution < 1.29 is 0 Å². The highest BCUT2D eigenvalue weighted by Gasteiger charge is 2.10. The normalized spacial score (nSPS) is 16.3. The molecule has 0 aromatic carbocycles. The topological polar surface area (TPSA) is 38.0 Å². The van der Waals surface area contributed by atoms with Gasteiger partial charge in [0.15, 0.2) is 0 Å². The maximum absolute atomic E-state index is 5.28. The number of hydrogen-bond donors (Lipinski definition) is 2. The highest BCUT2D eigenvalue weighted by atomic mass is 32.2. The van der Waals surface area contributed by atoms with Crippen LogP contribution in [0.25, 0.3) is 0 Å². The predicted molar refractivity (Wildman–Crippen MR) is 48.9 cm³/mol. The molecule has 0 saturated heterocycles. The van der Waals surface area contributed by atoms with Crippen LogP contribution >= 0.6 is 11.8 Å². The van der Waals surface area contributed by atoms with Crippen molar-refractivity contribution in [2.45, 2.75) is 13.0 Å². The molecular formula is C7H16N2S. The molecule has 0 heterocycles. The summed E-state index contributed by atoms with van der Waals surface area (Å²) >= 11 is 1.83. The molecule has 10 heavy (non-hydrogen) atoms. The fourth-order valence-corrected chi connectivity index (χ4v) is 1.56. The minimum Gasteiger partial charge on any atom is -0.271 e. The first-order chi connectivity index (χ1) is 4.76. The first-order valence-electron chi connectivity index (χ1n) is 3.33. The molecule has 60 valence electrons. The molecule has 0 saturated carbocycles. The molecule has 0 rings (SSSR count). The lowest BCUT2D eigenvalue weighted by Gasteiger charge is -2.18. The van der Waals surface area contributed by atoms with Crippen LogP contribution in [0.15, 0.2) is 12.7 Å². The van der Waals surface area contributed by atoms with Gasteiger partial charge in [-0.3, -0.25) is 11.3 Å². The molecule has 0 aromatic heterocycles. The molecule has 3 N–H and O–H groups in total. The van der Waals surface area contributed by atoms with E-state index >= 15 is 0 Å².